The summed E-state index contributed by atoms with van der Waals surface area (Å²) in [6.07, 6.45) is 3.33. The first-order chi connectivity index (χ1) is 37.1. The number of thioether (sulfide) groups is 2. The first kappa shape index (κ1) is 58.4. The zero-order valence-corrected chi connectivity index (χ0v) is 46.6. The van der Waals surface area contributed by atoms with Crippen molar-refractivity contribution >= 4 is 58.8 Å². The van der Waals surface area contributed by atoms with E-state index >= 15 is 8.78 Å². The van der Waals surface area contributed by atoms with Crippen LogP contribution in [0.4, 0.5) is 18.4 Å². The van der Waals surface area contributed by atoms with E-state index in [4.69, 9.17) is 18.9 Å². The van der Waals surface area contributed by atoms with Crippen LogP contribution in [0.2, 0.25) is 0 Å². The van der Waals surface area contributed by atoms with Crippen molar-refractivity contribution in [3.8, 4) is 23.0 Å². The highest BCUT2D eigenvalue weighted by Gasteiger charge is 2.43. The quantitative estimate of drug-likeness (QED) is 0.0596. The van der Waals surface area contributed by atoms with Crippen LogP contribution in [0.3, 0.4) is 0 Å². The van der Waals surface area contributed by atoms with Crippen LogP contribution in [0, 0.1) is 35.3 Å². The standard InChI is InChI=1S/2C31H32FNO5S/c2*1-20(34)31(2,3)38-25-13-10-22(28(32)17-25)16-23-18-33(30(36)37-24-8-6-5-7-9-24)19-27(23)29(35)21-11-14-26(39-4)15-12-21/h2*5-15,17,23,27H,16,18-19H2,1-4H3/t2*23-,27-/m10/s1. The molecule has 4 atom stereocenters. The smallest absolute Gasteiger partial charge is 0.415 e. The summed E-state index contributed by atoms with van der Waals surface area (Å²) in [6, 6.07) is 41.2. The van der Waals surface area contributed by atoms with Gasteiger partial charge in [0.2, 0.25) is 0 Å². The third-order valence-electron chi connectivity index (χ3n) is 14.2. The van der Waals surface area contributed by atoms with E-state index in [-0.39, 0.29) is 85.5 Å². The van der Waals surface area contributed by atoms with E-state index in [9.17, 15) is 28.8 Å². The lowest BCUT2D eigenvalue weighted by Crippen LogP contribution is -2.36. The number of carbonyl (C=O) groups is 6. The lowest BCUT2D eigenvalue weighted by Gasteiger charge is -2.24. The molecule has 6 aromatic carbocycles. The molecule has 0 N–H and O–H groups in total. The highest BCUT2D eigenvalue weighted by atomic mass is 32.2. The molecular weight excluding hydrogens is 1030 g/mol. The number of benzene rings is 6. The second-order valence-corrected chi connectivity index (χ2v) is 22.1. The Morgan fingerprint density at radius 1 is 0.487 bits per heavy atom. The van der Waals surface area contributed by atoms with E-state index in [1.165, 1.54) is 35.8 Å². The molecule has 6 aromatic rings. The number of Topliss-reactive ketones (excluding diaryl/α,β-unsaturated/α-hetero) is 4. The molecule has 16 heteroatoms. The van der Waals surface area contributed by atoms with Crippen molar-refractivity contribution in [2.45, 2.75) is 75.4 Å². The van der Waals surface area contributed by atoms with Crippen LogP contribution in [0.5, 0.6) is 23.0 Å². The number of ether oxygens (including phenoxy) is 4. The fourth-order valence-corrected chi connectivity index (χ4v) is 9.92. The number of nitrogens with zero attached hydrogens (tertiary/aromatic N) is 2. The van der Waals surface area contributed by atoms with E-state index in [1.54, 1.807) is 148 Å². The van der Waals surface area contributed by atoms with Crippen LogP contribution in [0.1, 0.15) is 73.4 Å². The van der Waals surface area contributed by atoms with Crippen molar-refractivity contribution in [3.05, 3.63) is 179 Å². The van der Waals surface area contributed by atoms with Gasteiger partial charge in [-0.2, -0.15) is 0 Å². The Kier molecular flexibility index (Phi) is 19.4. The first-order valence-electron chi connectivity index (χ1n) is 25.5. The van der Waals surface area contributed by atoms with Gasteiger partial charge in [-0.1, -0.05) is 72.8 Å². The average molecular weight is 1100 g/mol. The molecule has 0 aliphatic carbocycles. The minimum atomic E-state index is -1.08. The van der Waals surface area contributed by atoms with Gasteiger partial charge in [-0.25, -0.2) is 18.4 Å². The molecule has 2 aliphatic heterocycles. The van der Waals surface area contributed by atoms with Crippen LogP contribution < -0.4 is 18.9 Å². The number of para-hydroxylation sites is 2. The minimum absolute atomic E-state index is 0.0915. The van der Waals surface area contributed by atoms with E-state index < -0.39 is 46.9 Å². The zero-order chi connectivity index (χ0) is 56.3. The Morgan fingerprint density at radius 2 is 0.833 bits per heavy atom. The fourth-order valence-electron chi connectivity index (χ4n) is 9.11. The third kappa shape index (κ3) is 15.0. The monoisotopic (exact) mass is 1100 g/mol. The maximum atomic E-state index is 15.2. The van der Waals surface area contributed by atoms with Crippen LogP contribution in [-0.4, -0.2) is 95.0 Å². The predicted octanol–water partition coefficient (Wildman–Crippen LogP) is 12.9. The van der Waals surface area contributed by atoms with Crippen molar-refractivity contribution in [2.75, 3.05) is 38.7 Å². The summed E-state index contributed by atoms with van der Waals surface area (Å²) in [5.74, 6) is -1.89. The molecule has 2 heterocycles. The number of ketones is 4. The third-order valence-corrected chi connectivity index (χ3v) is 15.7. The lowest BCUT2D eigenvalue weighted by molar-refractivity contribution is -0.130. The minimum Gasteiger partial charge on any atom is -0.480 e. The number of halogens is 2. The second kappa shape index (κ2) is 25.9. The molecular formula is C62H64F2N2O10S2. The Morgan fingerprint density at radius 3 is 1.14 bits per heavy atom. The summed E-state index contributed by atoms with van der Waals surface area (Å²) in [4.78, 5) is 81.9. The molecule has 12 nitrogen and oxygen atoms in total. The van der Waals surface area contributed by atoms with Crippen molar-refractivity contribution in [3.63, 3.8) is 0 Å². The van der Waals surface area contributed by atoms with Crippen molar-refractivity contribution < 1.29 is 56.5 Å². The van der Waals surface area contributed by atoms with E-state index in [0.717, 1.165) is 9.79 Å². The fraction of sp³-hybridized carbons (Fsp3) is 0.323. The second-order valence-electron chi connectivity index (χ2n) is 20.3. The molecule has 408 valence electrons. The maximum Gasteiger partial charge on any atom is 0.415 e. The highest BCUT2D eigenvalue weighted by Crippen LogP contribution is 2.35. The molecule has 2 fully saturated rings. The molecule has 0 aromatic heterocycles. The predicted molar refractivity (Wildman–Crippen MR) is 298 cm³/mol. The Bertz CT molecular complexity index is 2890. The molecule has 8 rings (SSSR count). The maximum absolute atomic E-state index is 15.2. The average Bonchev–Trinajstić information content (AvgIpc) is 4.07. The summed E-state index contributed by atoms with van der Waals surface area (Å²) >= 11 is 3.17. The topological polar surface area (TPSA) is 146 Å². The van der Waals surface area contributed by atoms with Gasteiger partial charge in [-0.3, -0.25) is 19.2 Å². The summed E-state index contributed by atoms with van der Waals surface area (Å²) in [7, 11) is 0. The largest absolute Gasteiger partial charge is 0.480 e. The Balaban J connectivity index is 0.000000226. The molecule has 0 radical (unpaired) electrons. The molecule has 0 bridgehead atoms. The summed E-state index contributed by atoms with van der Waals surface area (Å²) in [5, 5.41) is 0. The summed E-state index contributed by atoms with van der Waals surface area (Å²) < 4.78 is 52.8. The van der Waals surface area contributed by atoms with Gasteiger partial charge in [0.05, 0.1) is 0 Å². The highest BCUT2D eigenvalue weighted by molar-refractivity contribution is 7.98. The van der Waals surface area contributed by atoms with E-state index in [1.807, 2.05) is 48.9 Å². The zero-order valence-electron chi connectivity index (χ0n) is 45.0. The normalized spacial score (nSPS) is 17.1. The Labute approximate surface area is 463 Å². The molecule has 0 unspecified atom stereocenters. The van der Waals surface area contributed by atoms with Crippen molar-refractivity contribution in [1.29, 1.82) is 0 Å². The van der Waals surface area contributed by atoms with Crippen molar-refractivity contribution in [1.82, 2.24) is 9.80 Å². The van der Waals surface area contributed by atoms with Gasteiger partial charge in [0.15, 0.2) is 34.3 Å². The number of likely N-dealkylation sites (tertiary alicyclic amines) is 2. The van der Waals surface area contributed by atoms with Crippen LogP contribution >= 0.6 is 23.5 Å². The van der Waals surface area contributed by atoms with Gasteiger partial charge in [-0.15, -0.1) is 23.5 Å². The molecule has 2 aliphatic rings. The number of hydrogen-bond acceptors (Lipinski definition) is 12. The number of carbonyl (C=O) groups excluding carboxylic acids is 6. The van der Waals surface area contributed by atoms with Gasteiger partial charge < -0.3 is 28.7 Å². The number of rotatable bonds is 18. The van der Waals surface area contributed by atoms with Gasteiger partial charge in [0, 0.05) is 71.1 Å². The SMILES string of the molecule is CSc1ccc(C(=O)[C@@H]2CN(C(=O)Oc3ccccc3)C[C@H]2Cc2ccc(OC(C)(C)C(C)=O)cc2F)cc1.CSc1ccc(C(=O)[C@H]2CN(C(=O)Oc3ccccc3)C[C@@H]2Cc2ccc(OC(C)(C)C(C)=O)cc2F)cc1. The molecule has 78 heavy (non-hydrogen) atoms. The lowest BCUT2D eigenvalue weighted by atomic mass is 9.84. The molecule has 2 saturated heterocycles. The summed E-state index contributed by atoms with van der Waals surface area (Å²) in [6.45, 7) is 10.2. The van der Waals surface area contributed by atoms with Gasteiger partial charge in [0.25, 0.3) is 0 Å². The molecule has 0 saturated carbocycles. The molecule has 0 spiro atoms. The van der Waals surface area contributed by atoms with Crippen molar-refractivity contribution in [2.24, 2.45) is 23.7 Å². The van der Waals surface area contributed by atoms with Crippen LogP contribution in [0.15, 0.2) is 155 Å². The first-order valence-corrected chi connectivity index (χ1v) is 28.0. The van der Waals surface area contributed by atoms with Gasteiger partial charge >= 0.3 is 12.2 Å². The van der Waals surface area contributed by atoms with Gasteiger partial charge in [-0.05, 0) is 151 Å². The van der Waals surface area contributed by atoms with Gasteiger partial charge in [0.1, 0.15) is 34.6 Å². The van der Waals surface area contributed by atoms with Crippen LogP contribution in [-0.2, 0) is 22.4 Å². The summed E-state index contributed by atoms with van der Waals surface area (Å²) in [5.41, 5.74) is -0.248. The molecule has 2 amide bonds. The Hall–Kier alpha value is -7.30. The van der Waals surface area contributed by atoms with E-state index in [2.05, 4.69) is 0 Å². The number of amides is 2. The number of hydrogen-bond donors (Lipinski definition) is 0. The van der Waals surface area contributed by atoms with Crippen LogP contribution in [0.25, 0.3) is 0 Å². The van der Waals surface area contributed by atoms with E-state index in [0.29, 0.717) is 33.8 Å².